The molecule has 1 aliphatic carbocycles. The summed E-state index contributed by atoms with van der Waals surface area (Å²) < 4.78 is 0. The fourth-order valence-electron chi connectivity index (χ4n) is 4.00. The van der Waals surface area contributed by atoms with Crippen LogP contribution in [0.2, 0.25) is 0 Å². The van der Waals surface area contributed by atoms with Crippen LogP contribution in [0.25, 0.3) is 11.1 Å². The van der Waals surface area contributed by atoms with Gasteiger partial charge in [-0.25, -0.2) is 0 Å². The summed E-state index contributed by atoms with van der Waals surface area (Å²) in [7, 11) is 0. The third-order valence-electron chi connectivity index (χ3n) is 5.20. The maximum absolute atomic E-state index is 11.9. The van der Waals surface area contributed by atoms with Crippen molar-refractivity contribution in [2.24, 2.45) is 0 Å². The highest BCUT2D eigenvalue weighted by molar-refractivity contribution is 5.86. The van der Waals surface area contributed by atoms with Gasteiger partial charge >= 0.3 is 11.9 Å². The second-order valence-electron chi connectivity index (χ2n) is 6.53. The SMILES string of the molecule is CCC(C(=O)O)c1ccc2c(c1C(CC)C(=O)O)Cc1ccccc1-2. The summed E-state index contributed by atoms with van der Waals surface area (Å²) in [5.74, 6) is -3.17. The molecule has 0 bridgehead atoms. The third kappa shape index (κ3) is 2.82. The molecule has 2 aromatic carbocycles. The summed E-state index contributed by atoms with van der Waals surface area (Å²) in [5, 5.41) is 19.4. The van der Waals surface area contributed by atoms with Crippen LogP contribution in [0, 0.1) is 0 Å². The molecule has 2 unspecified atom stereocenters. The molecule has 2 N–H and O–H groups in total. The molecule has 4 nitrogen and oxygen atoms in total. The predicted molar refractivity (Wildman–Crippen MR) is 96.0 cm³/mol. The van der Waals surface area contributed by atoms with E-state index in [0.29, 0.717) is 30.4 Å². The van der Waals surface area contributed by atoms with Crippen LogP contribution >= 0.6 is 0 Å². The number of benzene rings is 2. The van der Waals surface area contributed by atoms with Crippen molar-refractivity contribution in [2.45, 2.75) is 44.9 Å². The molecule has 25 heavy (non-hydrogen) atoms. The average Bonchev–Trinajstić information content (AvgIpc) is 2.95. The summed E-state index contributed by atoms with van der Waals surface area (Å²) >= 11 is 0. The summed E-state index contributed by atoms with van der Waals surface area (Å²) in [5.41, 5.74) is 5.66. The van der Waals surface area contributed by atoms with E-state index in [4.69, 9.17) is 0 Å². The second kappa shape index (κ2) is 6.71. The topological polar surface area (TPSA) is 74.6 Å². The summed E-state index contributed by atoms with van der Waals surface area (Å²) in [6.45, 7) is 3.66. The highest BCUT2D eigenvalue weighted by atomic mass is 16.4. The Bertz CT molecular complexity index is 838. The maximum Gasteiger partial charge on any atom is 0.310 e. The Labute approximate surface area is 147 Å². The largest absolute Gasteiger partial charge is 0.481 e. The van der Waals surface area contributed by atoms with E-state index in [1.807, 2.05) is 44.2 Å². The van der Waals surface area contributed by atoms with Gasteiger partial charge in [0.1, 0.15) is 0 Å². The van der Waals surface area contributed by atoms with Crippen molar-refractivity contribution < 1.29 is 19.8 Å². The van der Waals surface area contributed by atoms with Gasteiger partial charge in [-0.15, -0.1) is 0 Å². The lowest BCUT2D eigenvalue weighted by Crippen LogP contribution is -2.20. The fourth-order valence-corrected chi connectivity index (χ4v) is 4.00. The Morgan fingerprint density at radius 1 is 0.920 bits per heavy atom. The number of hydrogen-bond acceptors (Lipinski definition) is 2. The van der Waals surface area contributed by atoms with Crippen LogP contribution in [0.1, 0.15) is 60.8 Å². The Morgan fingerprint density at radius 2 is 1.56 bits per heavy atom. The Hall–Kier alpha value is -2.62. The minimum absolute atomic E-state index is 0.435. The number of hydrogen-bond donors (Lipinski definition) is 2. The number of aliphatic carboxylic acids is 2. The second-order valence-corrected chi connectivity index (χ2v) is 6.53. The number of carboxylic acids is 2. The van der Waals surface area contributed by atoms with Crippen molar-refractivity contribution >= 4 is 11.9 Å². The normalized spacial score (nSPS) is 14.5. The molecule has 3 rings (SSSR count). The highest BCUT2D eigenvalue weighted by Crippen LogP contribution is 2.44. The Morgan fingerprint density at radius 3 is 2.16 bits per heavy atom. The minimum atomic E-state index is -0.903. The lowest BCUT2D eigenvalue weighted by atomic mass is 9.80. The van der Waals surface area contributed by atoms with Crippen LogP contribution < -0.4 is 0 Å². The van der Waals surface area contributed by atoms with E-state index in [1.54, 1.807) is 0 Å². The number of carboxylic acid groups (broad SMARTS) is 2. The summed E-state index contributed by atoms with van der Waals surface area (Å²) in [4.78, 5) is 23.6. The van der Waals surface area contributed by atoms with Gasteiger partial charge in [-0.2, -0.15) is 0 Å². The maximum atomic E-state index is 11.9. The molecule has 0 aliphatic heterocycles. The lowest BCUT2D eigenvalue weighted by Gasteiger charge is -2.23. The third-order valence-corrected chi connectivity index (χ3v) is 5.20. The molecule has 0 radical (unpaired) electrons. The molecule has 0 saturated carbocycles. The standard InChI is InChI=1S/C21H22O4/c1-3-13(20(22)23)17-10-9-16-15-8-6-5-7-12(15)11-18(16)19(17)14(4-2)21(24)25/h5-10,13-14H,3-4,11H2,1-2H3,(H,22,23)(H,24,25). The van der Waals surface area contributed by atoms with Gasteiger partial charge in [0.25, 0.3) is 0 Å². The van der Waals surface area contributed by atoms with Crippen LogP contribution in [0.5, 0.6) is 0 Å². The molecular formula is C21H22O4. The number of fused-ring (bicyclic) bond motifs is 3. The van der Waals surface area contributed by atoms with E-state index in [9.17, 15) is 19.8 Å². The predicted octanol–water partition coefficient (Wildman–Crippen LogP) is 4.41. The first-order valence-electron chi connectivity index (χ1n) is 8.69. The van der Waals surface area contributed by atoms with E-state index in [1.165, 1.54) is 5.56 Å². The van der Waals surface area contributed by atoms with E-state index >= 15 is 0 Å². The molecule has 1 aliphatic rings. The van der Waals surface area contributed by atoms with Crippen LogP contribution in [-0.4, -0.2) is 22.2 Å². The summed E-state index contributed by atoms with van der Waals surface area (Å²) in [6, 6.07) is 11.8. The van der Waals surface area contributed by atoms with Crippen molar-refractivity contribution in [3.63, 3.8) is 0 Å². The zero-order chi connectivity index (χ0) is 18.1. The van der Waals surface area contributed by atoms with Gasteiger partial charge < -0.3 is 10.2 Å². The number of rotatable bonds is 6. The molecule has 0 heterocycles. The molecular weight excluding hydrogens is 316 g/mol. The monoisotopic (exact) mass is 338 g/mol. The van der Waals surface area contributed by atoms with E-state index in [-0.39, 0.29) is 0 Å². The van der Waals surface area contributed by atoms with Crippen molar-refractivity contribution in [1.29, 1.82) is 0 Å². The van der Waals surface area contributed by atoms with E-state index < -0.39 is 23.8 Å². The first-order chi connectivity index (χ1) is 12.0. The van der Waals surface area contributed by atoms with E-state index in [2.05, 4.69) is 6.07 Å². The molecule has 0 amide bonds. The van der Waals surface area contributed by atoms with Crippen LogP contribution in [-0.2, 0) is 16.0 Å². The molecule has 0 spiro atoms. The molecule has 4 heteroatoms. The zero-order valence-corrected chi connectivity index (χ0v) is 14.5. The Kier molecular flexibility index (Phi) is 4.62. The molecule has 0 saturated heterocycles. The smallest absolute Gasteiger partial charge is 0.310 e. The first-order valence-corrected chi connectivity index (χ1v) is 8.69. The van der Waals surface area contributed by atoms with Crippen LogP contribution in [0.15, 0.2) is 36.4 Å². The molecule has 0 fully saturated rings. The van der Waals surface area contributed by atoms with Gasteiger partial charge in [-0.3, -0.25) is 9.59 Å². The van der Waals surface area contributed by atoms with Crippen LogP contribution in [0.4, 0.5) is 0 Å². The van der Waals surface area contributed by atoms with Gasteiger partial charge in [0, 0.05) is 0 Å². The van der Waals surface area contributed by atoms with Crippen molar-refractivity contribution in [1.82, 2.24) is 0 Å². The Balaban J connectivity index is 2.27. The van der Waals surface area contributed by atoms with Crippen molar-refractivity contribution in [3.05, 3.63) is 58.7 Å². The molecule has 0 aromatic heterocycles. The van der Waals surface area contributed by atoms with Gasteiger partial charge in [0.15, 0.2) is 0 Å². The molecule has 2 atom stereocenters. The van der Waals surface area contributed by atoms with Crippen molar-refractivity contribution in [3.8, 4) is 11.1 Å². The highest BCUT2D eigenvalue weighted by Gasteiger charge is 2.33. The molecule has 130 valence electrons. The first kappa shape index (κ1) is 17.2. The minimum Gasteiger partial charge on any atom is -0.481 e. The average molecular weight is 338 g/mol. The lowest BCUT2D eigenvalue weighted by molar-refractivity contribution is -0.140. The van der Waals surface area contributed by atoms with Gasteiger partial charge in [0.05, 0.1) is 11.8 Å². The van der Waals surface area contributed by atoms with Gasteiger partial charge in [0.2, 0.25) is 0 Å². The van der Waals surface area contributed by atoms with Gasteiger partial charge in [-0.05, 0) is 52.6 Å². The quantitative estimate of drug-likeness (QED) is 0.698. The van der Waals surface area contributed by atoms with E-state index in [0.717, 1.165) is 16.7 Å². The zero-order valence-electron chi connectivity index (χ0n) is 14.5. The summed E-state index contributed by atoms with van der Waals surface area (Å²) in [6.07, 6.45) is 1.53. The van der Waals surface area contributed by atoms with Gasteiger partial charge in [-0.1, -0.05) is 50.2 Å². The molecule has 2 aromatic rings. The van der Waals surface area contributed by atoms with Crippen molar-refractivity contribution in [2.75, 3.05) is 0 Å². The van der Waals surface area contributed by atoms with Crippen LogP contribution in [0.3, 0.4) is 0 Å². The fraction of sp³-hybridized carbons (Fsp3) is 0.333. The number of carbonyl (C=O) groups is 2.